The summed E-state index contributed by atoms with van der Waals surface area (Å²) >= 11 is 0. The standard InChI is InChI=1S/C11H9NO3/c13-11(14)9-6-12-5-4-7-2-1-3-8(15-9)10(7)12/h1-5,9H,6H2,(H,13,14). The third kappa shape index (κ3) is 1.11. The van der Waals surface area contributed by atoms with E-state index in [9.17, 15) is 4.79 Å². The van der Waals surface area contributed by atoms with E-state index in [1.807, 2.05) is 29.0 Å². The van der Waals surface area contributed by atoms with Gasteiger partial charge in [0.1, 0.15) is 5.75 Å². The van der Waals surface area contributed by atoms with Gasteiger partial charge in [-0.1, -0.05) is 12.1 Å². The lowest BCUT2D eigenvalue weighted by molar-refractivity contribution is -0.145. The van der Waals surface area contributed by atoms with Crippen LogP contribution in [0.2, 0.25) is 0 Å². The third-order valence-corrected chi connectivity index (χ3v) is 2.66. The lowest BCUT2D eigenvalue weighted by Crippen LogP contribution is -2.34. The molecule has 0 spiro atoms. The van der Waals surface area contributed by atoms with Crippen LogP contribution < -0.4 is 4.74 Å². The lowest BCUT2D eigenvalue weighted by Gasteiger charge is -2.22. The van der Waals surface area contributed by atoms with Crippen molar-refractivity contribution in [3.8, 4) is 5.75 Å². The van der Waals surface area contributed by atoms with Crippen molar-refractivity contribution >= 4 is 16.9 Å². The Morgan fingerprint density at radius 1 is 1.47 bits per heavy atom. The molecular weight excluding hydrogens is 194 g/mol. The number of nitrogens with zero attached hydrogens (tertiary/aromatic N) is 1. The number of rotatable bonds is 1. The molecule has 4 heteroatoms. The molecule has 1 aliphatic rings. The summed E-state index contributed by atoms with van der Waals surface area (Å²) in [5.41, 5.74) is 0.981. The zero-order chi connectivity index (χ0) is 10.4. The molecule has 1 aromatic carbocycles. The van der Waals surface area contributed by atoms with Crippen molar-refractivity contribution < 1.29 is 14.6 Å². The highest BCUT2D eigenvalue weighted by Gasteiger charge is 2.26. The molecular formula is C11H9NO3. The lowest BCUT2D eigenvalue weighted by atomic mass is 10.2. The number of hydrogen-bond donors (Lipinski definition) is 1. The number of benzene rings is 1. The van der Waals surface area contributed by atoms with Crippen LogP contribution in [-0.4, -0.2) is 21.7 Å². The van der Waals surface area contributed by atoms with Crippen LogP contribution in [0.25, 0.3) is 10.9 Å². The van der Waals surface area contributed by atoms with E-state index in [0.29, 0.717) is 12.3 Å². The molecule has 1 aromatic heterocycles. The van der Waals surface area contributed by atoms with Crippen LogP contribution in [0.4, 0.5) is 0 Å². The van der Waals surface area contributed by atoms with E-state index in [1.54, 1.807) is 6.07 Å². The van der Waals surface area contributed by atoms with Crippen molar-refractivity contribution in [2.45, 2.75) is 12.6 Å². The Kier molecular flexibility index (Phi) is 1.54. The van der Waals surface area contributed by atoms with E-state index in [0.717, 1.165) is 10.9 Å². The molecule has 4 nitrogen and oxygen atoms in total. The molecule has 0 aliphatic carbocycles. The average Bonchev–Trinajstić information content (AvgIpc) is 2.64. The van der Waals surface area contributed by atoms with Gasteiger partial charge in [0, 0.05) is 11.6 Å². The summed E-state index contributed by atoms with van der Waals surface area (Å²) in [5, 5.41) is 10.00. The molecule has 0 fully saturated rings. The van der Waals surface area contributed by atoms with Gasteiger partial charge in [0.25, 0.3) is 0 Å². The minimum Gasteiger partial charge on any atom is -0.478 e. The summed E-state index contributed by atoms with van der Waals surface area (Å²) in [5.74, 6) is -0.275. The van der Waals surface area contributed by atoms with Crippen LogP contribution in [0.15, 0.2) is 30.5 Å². The van der Waals surface area contributed by atoms with Crippen molar-refractivity contribution in [1.29, 1.82) is 0 Å². The number of para-hydroxylation sites is 1. The summed E-state index contributed by atoms with van der Waals surface area (Å²) in [6.07, 6.45) is 1.11. The van der Waals surface area contributed by atoms with E-state index in [2.05, 4.69) is 0 Å². The zero-order valence-corrected chi connectivity index (χ0v) is 7.88. The van der Waals surface area contributed by atoms with Gasteiger partial charge in [-0.15, -0.1) is 0 Å². The Morgan fingerprint density at radius 2 is 2.33 bits per heavy atom. The van der Waals surface area contributed by atoms with Crippen LogP contribution in [0.5, 0.6) is 5.75 Å². The Hall–Kier alpha value is -1.97. The third-order valence-electron chi connectivity index (χ3n) is 2.66. The quantitative estimate of drug-likeness (QED) is 0.763. The van der Waals surface area contributed by atoms with Gasteiger partial charge in [0.15, 0.2) is 0 Å². The first-order chi connectivity index (χ1) is 7.25. The van der Waals surface area contributed by atoms with Gasteiger partial charge >= 0.3 is 5.97 Å². The molecule has 76 valence electrons. The maximum absolute atomic E-state index is 10.9. The van der Waals surface area contributed by atoms with Gasteiger partial charge in [-0.3, -0.25) is 0 Å². The fraction of sp³-hybridized carbons (Fsp3) is 0.182. The largest absolute Gasteiger partial charge is 0.478 e. The minimum atomic E-state index is -0.925. The number of hydrogen-bond acceptors (Lipinski definition) is 2. The second-order valence-corrected chi connectivity index (χ2v) is 3.61. The van der Waals surface area contributed by atoms with E-state index in [4.69, 9.17) is 9.84 Å². The first-order valence-electron chi connectivity index (χ1n) is 4.73. The molecule has 0 bridgehead atoms. The van der Waals surface area contributed by atoms with Gasteiger partial charge in [-0.05, 0) is 12.1 Å². The molecule has 2 heterocycles. The van der Waals surface area contributed by atoms with E-state index in [-0.39, 0.29) is 0 Å². The summed E-state index contributed by atoms with van der Waals surface area (Å²) in [6.45, 7) is 0.371. The highest BCUT2D eigenvalue weighted by atomic mass is 16.5. The molecule has 0 saturated heterocycles. The Labute approximate surface area is 85.7 Å². The van der Waals surface area contributed by atoms with Crippen molar-refractivity contribution in [1.82, 2.24) is 4.57 Å². The smallest absolute Gasteiger partial charge is 0.346 e. The van der Waals surface area contributed by atoms with Gasteiger partial charge in [0.05, 0.1) is 12.1 Å². The second-order valence-electron chi connectivity index (χ2n) is 3.61. The molecule has 1 N–H and O–H groups in total. The summed E-state index contributed by atoms with van der Waals surface area (Å²) < 4.78 is 7.33. The number of carboxylic acids is 1. The maximum atomic E-state index is 10.9. The monoisotopic (exact) mass is 203 g/mol. The summed E-state index contributed by atoms with van der Waals surface area (Å²) in [6, 6.07) is 7.62. The SMILES string of the molecule is O=C(O)C1Cn2ccc3cccc(c32)O1. The minimum absolute atomic E-state index is 0.371. The van der Waals surface area contributed by atoms with Gasteiger partial charge < -0.3 is 14.4 Å². The van der Waals surface area contributed by atoms with E-state index >= 15 is 0 Å². The van der Waals surface area contributed by atoms with Crippen LogP contribution in [0, 0.1) is 0 Å². The predicted molar refractivity (Wildman–Crippen MR) is 54.0 cm³/mol. The van der Waals surface area contributed by atoms with Gasteiger partial charge in [-0.2, -0.15) is 0 Å². The highest BCUT2D eigenvalue weighted by molar-refractivity contribution is 5.87. The first kappa shape index (κ1) is 8.35. The number of ether oxygens (including phenoxy) is 1. The molecule has 1 atom stereocenters. The zero-order valence-electron chi connectivity index (χ0n) is 7.88. The Morgan fingerprint density at radius 3 is 3.13 bits per heavy atom. The fourth-order valence-electron chi connectivity index (χ4n) is 1.97. The number of aromatic nitrogens is 1. The highest BCUT2D eigenvalue weighted by Crippen LogP contribution is 2.31. The van der Waals surface area contributed by atoms with Crippen molar-refractivity contribution in [2.24, 2.45) is 0 Å². The number of carbonyl (C=O) groups is 1. The van der Waals surface area contributed by atoms with Crippen LogP contribution in [0.3, 0.4) is 0 Å². The van der Waals surface area contributed by atoms with E-state index < -0.39 is 12.1 Å². The van der Waals surface area contributed by atoms with Crippen molar-refractivity contribution in [2.75, 3.05) is 0 Å². The summed E-state index contributed by atoms with van der Waals surface area (Å²) in [7, 11) is 0. The van der Waals surface area contributed by atoms with Crippen molar-refractivity contribution in [3.05, 3.63) is 30.5 Å². The van der Waals surface area contributed by atoms with E-state index in [1.165, 1.54) is 0 Å². The summed E-state index contributed by atoms with van der Waals surface area (Å²) in [4.78, 5) is 10.9. The first-order valence-corrected chi connectivity index (χ1v) is 4.73. The van der Waals surface area contributed by atoms with Crippen molar-refractivity contribution in [3.63, 3.8) is 0 Å². The molecule has 0 radical (unpaired) electrons. The molecule has 0 saturated carbocycles. The molecule has 15 heavy (non-hydrogen) atoms. The molecule has 0 amide bonds. The molecule has 1 aliphatic heterocycles. The Balaban J connectivity index is 2.20. The van der Waals surface area contributed by atoms with Crippen LogP contribution >= 0.6 is 0 Å². The second kappa shape index (κ2) is 2.76. The fourth-order valence-corrected chi connectivity index (χ4v) is 1.97. The number of aliphatic carboxylic acids is 1. The molecule has 3 rings (SSSR count). The maximum Gasteiger partial charge on any atom is 0.346 e. The normalized spacial score (nSPS) is 18.8. The predicted octanol–water partition coefficient (Wildman–Crippen LogP) is 1.49. The molecule has 2 aromatic rings. The van der Waals surface area contributed by atoms with Gasteiger partial charge in [0.2, 0.25) is 6.10 Å². The Bertz CT molecular complexity index is 544. The van der Waals surface area contributed by atoms with Gasteiger partial charge in [-0.25, -0.2) is 4.79 Å². The molecule has 1 unspecified atom stereocenters. The number of carboxylic acid groups (broad SMARTS) is 1. The van der Waals surface area contributed by atoms with Crippen LogP contribution in [-0.2, 0) is 11.3 Å². The van der Waals surface area contributed by atoms with Crippen LogP contribution in [0.1, 0.15) is 0 Å². The topological polar surface area (TPSA) is 51.5 Å². The average molecular weight is 203 g/mol.